The van der Waals surface area contributed by atoms with Crippen molar-refractivity contribution >= 4 is 5.91 Å². The first-order valence-electron chi connectivity index (χ1n) is 7.34. The van der Waals surface area contributed by atoms with Crippen LogP contribution in [0.25, 0.3) is 0 Å². The number of rotatable bonds is 5. The molecule has 1 heterocycles. The van der Waals surface area contributed by atoms with Crippen molar-refractivity contribution in [3.05, 3.63) is 52.8 Å². The summed E-state index contributed by atoms with van der Waals surface area (Å²) in [6, 6.07) is 9.78. The zero-order valence-electron chi connectivity index (χ0n) is 13.2. The quantitative estimate of drug-likeness (QED) is 0.918. The topological polar surface area (TPSA) is 46.9 Å². The second-order valence-corrected chi connectivity index (χ2v) is 5.89. The van der Waals surface area contributed by atoms with Gasteiger partial charge >= 0.3 is 0 Å². The number of hydrogen-bond acceptors (Lipinski definition) is 2. The monoisotopic (exact) mass is 285 g/mol. The van der Waals surface area contributed by atoms with Crippen LogP contribution in [-0.4, -0.2) is 22.2 Å². The lowest BCUT2D eigenvalue weighted by atomic mass is 10.1. The van der Waals surface area contributed by atoms with Crippen LogP contribution in [0.5, 0.6) is 0 Å². The van der Waals surface area contributed by atoms with Gasteiger partial charge in [0.1, 0.15) is 0 Å². The van der Waals surface area contributed by atoms with E-state index in [1.807, 2.05) is 42.8 Å². The molecule has 0 spiro atoms. The summed E-state index contributed by atoms with van der Waals surface area (Å²) in [5.41, 5.74) is 4.01. The van der Waals surface area contributed by atoms with Crippen LogP contribution in [0.2, 0.25) is 0 Å². The number of nitrogens with one attached hydrogen (secondary N) is 1. The van der Waals surface area contributed by atoms with Gasteiger partial charge in [0.25, 0.3) is 5.91 Å². The first kappa shape index (κ1) is 15.3. The van der Waals surface area contributed by atoms with Gasteiger partial charge in [0.2, 0.25) is 0 Å². The minimum Gasteiger partial charge on any atom is -0.352 e. The Balaban J connectivity index is 2.02. The maximum Gasteiger partial charge on any atom is 0.251 e. The summed E-state index contributed by atoms with van der Waals surface area (Å²) < 4.78 is 1.98. The van der Waals surface area contributed by atoms with Crippen molar-refractivity contribution in [2.24, 2.45) is 5.92 Å². The van der Waals surface area contributed by atoms with Gasteiger partial charge in [-0.15, -0.1) is 0 Å². The van der Waals surface area contributed by atoms with Crippen molar-refractivity contribution in [1.82, 2.24) is 15.1 Å². The Morgan fingerprint density at radius 2 is 1.90 bits per heavy atom. The van der Waals surface area contributed by atoms with E-state index < -0.39 is 0 Å². The fourth-order valence-corrected chi connectivity index (χ4v) is 2.17. The van der Waals surface area contributed by atoms with Crippen molar-refractivity contribution < 1.29 is 4.79 Å². The van der Waals surface area contributed by atoms with Gasteiger partial charge in [-0.2, -0.15) is 5.10 Å². The summed E-state index contributed by atoms with van der Waals surface area (Å²) in [6.07, 6.45) is 0. The van der Waals surface area contributed by atoms with E-state index in [1.165, 1.54) is 0 Å². The number of hydrogen-bond donors (Lipinski definition) is 1. The van der Waals surface area contributed by atoms with Gasteiger partial charge in [0.05, 0.1) is 12.2 Å². The zero-order chi connectivity index (χ0) is 15.4. The predicted molar refractivity (Wildman–Crippen MR) is 84.4 cm³/mol. The Morgan fingerprint density at radius 1 is 1.24 bits per heavy atom. The van der Waals surface area contributed by atoms with Crippen molar-refractivity contribution in [1.29, 1.82) is 0 Å². The van der Waals surface area contributed by atoms with Crippen LogP contribution < -0.4 is 5.32 Å². The molecule has 4 nitrogen and oxygen atoms in total. The van der Waals surface area contributed by atoms with Crippen LogP contribution >= 0.6 is 0 Å². The Bertz CT molecular complexity index is 611. The number of carbonyl (C=O) groups is 1. The molecule has 0 unspecified atom stereocenters. The molecule has 0 saturated heterocycles. The van der Waals surface area contributed by atoms with Crippen molar-refractivity contribution in [3.8, 4) is 0 Å². The number of amides is 1. The van der Waals surface area contributed by atoms with E-state index in [0.717, 1.165) is 23.5 Å². The third-order valence-electron chi connectivity index (χ3n) is 3.32. The molecule has 1 aromatic heterocycles. The minimum atomic E-state index is -0.0126. The summed E-state index contributed by atoms with van der Waals surface area (Å²) in [5.74, 6) is 0.445. The van der Waals surface area contributed by atoms with E-state index in [9.17, 15) is 4.79 Å². The second kappa shape index (κ2) is 6.57. The Kier molecular flexibility index (Phi) is 4.78. The fourth-order valence-electron chi connectivity index (χ4n) is 2.17. The molecular formula is C17H23N3O. The molecule has 0 saturated carbocycles. The third-order valence-corrected chi connectivity index (χ3v) is 3.32. The SMILES string of the molecule is Cc1cc(C)n(Cc2ccc(C(=O)NCC(C)C)cc2)n1. The highest BCUT2D eigenvalue weighted by Crippen LogP contribution is 2.09. The lowest BCUT2D eigenvalue weighted by molar-refractivity contribution is 0.0949. The molecule has 4 heteroatoms. The maximum absolute atomic E-state index is 11.9. The lowest BCUT2D eigenvalue weighted by Gasteiger charge is -2.09. The molecule has 0 radical (unpaired) electrons. The number of benzene rings is 1. The molecule has 0 aliphatic carbocycles. The summed E-state index contributed by atoms with van der Waals surface area (Å²) in [7, 11) is 0. The summed E-state index contributed by atoms with van der Waals surface area (Å²) in [5, 5.41) is 7.37. The number of aromatic nitrogens is 2. The molecule has 0 atom stereocenters. The predicted octanol–water partition coefficient (Wildman–Crippen LogP) is 2.93. The van der Waals surface area contributed by atoms with E-state index in [2.05, 4.69) is 30.3 Å². The van der Waals surface area contributed by atoms with E-state index >= 15 is 0 Å². The van der Waals surface area contributed by atoms with Crippen molar-refractivity contribution in [2.45, 2.75) is 34.2 Å². The molecule has 0 bridgehead atoms. The number of aryl methyl sites for hydroxylation is 2. The molecule has 1 aromatic carbocycles. The standard InChI is InChI=1S/C17H23N3O/c1-12(2)10-18-17(21)16-7-5-15(6-8-16)11-20-14(4)9-13(3)19-20/h5-9,12H,10-11H2,1-4H3,(H,18,21). The average molecular weight is 285 g/mol. The molecule has 1 N–H and O–H groups in total. The van der Waals surface area contributed by atoms with Gasteiger partial charge in [-0.25, -0.2) is 0 Å². The number of carbonyl (C=O) groups excluding carboxylic acids is 1. The second-order valence-electron chi connectivity index (χ2n) is 5.89. The Morgan fingerprint density at radius 3 is 2.43 bits per heavy atom. The van der Waals surface area contributed by atoms with E-state index in [1.54, 1.807) is 0 Å². The maximum atomic E-state index is 11.9. The van der Waals surface area contributed by atoms with Gasteiger partial charge in [-0.1, -0.05) is 26.0 Å². The highest BCUT2D eigenvalue weighted by molar-refractivity contribution is 5.94. The Labute approximate surface area is 126 Å². The fraction of sp³-hybridized carbons (Fsp3) is 0.412. The molecule has 2 aromatic rings. The zero-order valence-corrected chi connectivity index (χ0v) is 13.2. The molecular weight excluding hydrogens is 262 g/mol. The van der Waals surface area contributed by atoms with E-state index in [0.29, 0.717) is 18.0 Å². The van der Waals surface area contributed by atoms with Gasteiger partial charge in [-0.05, 0) is 43.5 Å². The van der Waals surface area contributed by atoms with Gasteiger partial charge in [0.15, 0.2) is 0 Å². The molecule has 0 aliphatic rings. The lowest BCUT2D eigenvalue weighted by Crippen LogP contribution is -2.27. The summed E-state index contributed by atoms with van der Waals surface area (Å²) in [4.78, 5) is 11.9. The smallest absolute Gasteiger partial charge is 0.251 e. The minimum absolute atomic E-state index is 0.0126. The summed E-state index contributed by atoms with van der Waals surface area (Å²) in [6.45, 7) is 9.63. The normalized spacial score (nSPS) is 10.9. The summed E-state index contributed by atoms with van der Waals surface area (Å²) >= 11 is 0. The van der Waals surface area contributed by atoms with Crippen LogP contribution in [0.3, 0.4) is 0 Å². The molecule has 2 rings (SSSR count). The van der Waals surface area contributed by atoms with Crippen molar-refractivity contribution in [3.63, 3.8) is 0 Å². The van der Waals surface area contributed by atoms with Crippen LogP contribution in [0.4, 0.5) is 0 Å². The largest absolute Gasteiger partial charge is 0.352 e. The van der Waals surface area contributed by atoms with Gasteiger partial charge in [0, 0.05) is 17.8 Å². The number of nitrogens with zero attached hydrogens (tertiary/aromatic N) is 2. The third kappa shape index (κ3) is 4.18. The molecule has 21 heavy (non-hydrogen) atoms. The average Bonchev–Trinajstić information content (AvgIpc) is 2.75. The first-order chi connectivity index (χ1) is 9.95. The highest BCUT2D eigenvalue weighted by atomic mass is 16.1. The van der Waals surface area contributed by atoms with Crippen LogP contribution in [0.1, 0.15) is 41.2 Å². The molecule has 112 valence electrons. The van der Waals surface area contributed by atoms with Crippen LogP contribution in [0, 0.1) is 19.8 Å². The van der Waals surface area contributed by atoms with Gasteiger partial charge in [-0.3, -0.25) is 9.48 Å². The van der Waals surface area contributed by atoms with Crippen molar-refractivity contribution in [2.75, 3.05) is 6.54 Å². The van der Waals surface area contributed by atoms with Crippen LogP contribution in [-0.2, 0) is 6.54 Å². The van der Waals surface area contributed by atoms with Crippen LogP contribution in [0.15, 0.2) is 30.3 Å². The first-order valence-corrected chi connectivity index (χ1v) is 7.34. The molecule has 1 amide bonds. The van der Waals surface area contributed by atoms with E-state index in [-0.39, 0.29) is 5.91 Å². The van der Waals surface area contributed by atoms with Gasteiger partial charge < -0.3 is 5.32 Å². The molecule has 0 aliphatic heterocycles. The molecule has 0 fully saturated rings. The highest BCUT2D eigenvalue weighted by Gasteiger charge is 2.07. The Hall–Kier alpha value is -2.10. The van der Waals surface area contributed by atoms with E-state index in [4.69, 9.17) is 0 Å².